The van der Waals surface area contributed by atoms with Crippen molar-refractivity contribution in [1.82, 2.24) is 4.57 Å². The smallest absolute Gasteiger partial charge is 0.344 e. The molecule has 0 unspecified atom stereocenters. The second kappa shape index (κ2) is 9.27. The van der Waals surface area contributed by atoms with Gasteiger partial charge in [-0.25, -0.2) is 9.59 Å². The molecule has 1 aromatic carbocycles. The quantitative estimate of drug-likeness (QED) is 0.581. The summed E-state index contributed by atoms with van der Waals surface area (Å²) in [6.07, 6.45) is 0. The van der Waals surface area contributed by atoms with Crippen LogP contribution in [0.15, 0.2) is 39.3 Å². The minimum Gasteiger partial charge on any atom is -0.493 e. The molecule has 1 N–H and O–H groups in total. The Morgan fingerprint density at radius 1 is 1.21 bits per heavy atom. The number of hydrogen-bond acceptors (Lipinski definition) is 9. The number of nitrogens with zero attached hydrogens (tertiary/aromatic N) is 4. The first kappa shape index (κ1) is 21.3. The van der Waals surface area contributed by atoms with E-state index in [2.05, 4.69) is 15.0 Å². The Morgan fingerprint density at radius 3 is 2.45 bits per heavy atom. The summed E-state index contributed by atoms with van der Waals surface area (Å²) in [5.41, 5.74) is -0.0323. The average molecular weight is 398 g/mol. The number of carbonyl (C=O) groups is 2. The topological polar surface area (TPSA) is 143 Å². The maximum atomic E-state index is 12.3. The maximum absolute atomic E-state index is 12.3. The van der Waals surface area contributed by atoms with E-state index in [1.807, 2.05) is 6.07 Å². The molecular formula is C19H18N4O6. The Morgan fingerprint density at radius 2 is 1.86 bits per heavy atom. The summed E-state index contributed by atoms with van der Waals surface area (Å²) in [6, 6.07) is 7.60. The van der Waals surface area contributed by atoms with Gasteiger partial charge in [0.15, 0.2) is 12.3 Å². The van der Waals surface area contributed by atoms with Crippen molar-refractivity contribution in [2.24, 2.45) is 17.3 Å². The SMILES string of the molecule is CCOC(=O)COC(=O)c1ccc(N=Nc2c(C)c(C#N)c(O)n(C)c2=O)cc1. The summed E-state index contributed by atoms with van der Waals surface area (Å²) >= 11 is 0. The number of azo groups is 1. The number of rotatable bonds is 6. The van der Waals surface area contributed by atoms with Gasteiger partial charge in [0, 0.05) is 12.6 Å². The van der Waals surface area contributed by atoms with E-state index in [9.17, 15) is 19.5 Å². The monoisotopic (exact) mass is 398 g/mol. The Labute approximate surface area is 165 Å². The van der Waals surface area contributed by atoms with Crippen LogP contribution >= 0.6 is 0 Å². The molecule has 10 nitrogen and oxygen atoms in total. The molecule has 10 heteroatoms. The molecule has 0 saturated carbocycles. The molecular weight excluding hydrogens is 380 g/mol. The number of hydrogen-bond donors (Lipinski definition) is 1. The molecule has 0 bridgehead atoms. The summed E-state index contributed by atoms with van der Waals surface area (Å²) in [5, 5.41) is 26.8. The maximum Gasteiger partial charge on any atom is 0.344 e. The van der Waals surface area contributed by atoms with Crippen molar-refractivity contribution in [3.8, 4) is 11.9 Å². The molecule has 2 aromatic rings. The van der Waals surface area contributed by atoms with Gasteiger partial charge in [-0.05, 0) is 38.1 Å². The van der Waals surface area contributed by atoms with Gasteiger partial charge in [0.1, 0.15) is 11.6 Å². The zero-order valence-corrected chi connectivity index (χ0v) is 16.0. The third kappa shape index (κ3) is 4.84. The van der Waals surface area contributed by atoms with Gasteiger partial charge in [0.25, 0.3) is 5.56 Å². The fourth-order valence-electron chi connectivity index (χ4n) is 2.30. The van der Waals surface area contributed by atoms with Crippen LogP contribution in [0.4, 0.5) is 11.4 Å². The molecule has 29 heavy (non-hydrogen) atoms. The first-order valence-corrected chi connectivity index (χ1v) is 8.47. The van der Waals surface area contributed by atoms with Gasteiger partial charge in [-0.2, -0.15) is 10.4 Å². The minimum absolute atomic E-state index is 0.0688. The largest absolute Gasteiger partial charge is 0.493 e. The van der Waals surface area contributed by atoms with Gasteiger partial charge in [-0.1, -0.05) is 0 Å². The van der Waals surface area contributed by atoms with Gasteiger partial charge >= 0.3 is 11.9 Å². The molecule has 1 aromatic heterocycles. The first-order chi connectivity index (χ1) is 13.8. The van der Waals surface area contributed by atoms with E-state index in [4.69, 9.17) is 10.00 Å². The van der Waals surface area contributed by atoms with Crippen LogP contribution < -0.4 is 5.56 Å². The number of pyridine rings is 1. The minimum atomic E-state index is -0.705. The number of benzene rings is 1. The van der Waals surface area contributed by atoms with Crippen LogP contribution in [-0.2, 0) is 21.3 Å². The van der Waals surface area contributed by atoms with E-state index in [1.165, 1.54) is 38.2 Å². The molecule has 0 spiro atoms. The van der Waals surface area contributed by atoms with E-state index in [1.54, 1.807) is 6.92 Å². The van der Waals surface area contributed by atoms with E-state index in [0.29, 0.717) is 5.69 Å². The Bertz CT molecular complexity index is 1060. The van der Waals surface area contributed by atoms with Crippen molar-refractivity contribution in [2.75, 3.05) is 13.2 Å². The summed E-state index contributed by atoms with van der Waals surface area (Å²) in [5.74, 6) is -1.79. The van der Waals surface area contributed by atoms with Crippen LogP contribution in [0.5, 0.6) is 5.88 Å². The first-order valence-electron chi connectivity index (χ1n) is 8.47. The highest BCUT2D eigenvalue weighted by Gasteiger charge is 2.17. The van der Waals surface area contributed by atoms with Gasteiger partial charge in [-0.3, -0.25) is 9.36 Å². The highest BCUT2D eigenvalue weighted by molar-refractivity contribution is 5.91. The van der Waals surface area contributed by atoms with E-state index in [-0.39, 0.29) is 29.0 Å². The average Bonchev–Trinajstić information content (AvgIpc) is 2.71. The Kier molecular flexibility index (Phi) is 6.81. The van der Waals surface area contributed by atoms with E-state index in [0.717, 1.165) is 4.57 Å². The predicted molar refractivity (Wildman–Crippen MR) is 100 cm³/mol. The van der Waals surface area contributed by atoms with Crippen molar-refractivity contribution in [3.63, 3.8) is 0 Å². The molecule has 0 aliphatic carbocycles. The van der Waals surface area contributed by atoms with Crippen molar-refractivity contribution in [3.05, 3.63) is 51.3 Å². The third-order valence-electron chi connectivity index (χ3n) is 3.89. The third-order valence-corrected chi connectivity index (χ3v) is 3.89. The second-order valence-electron chi connectivity index (χ2n) is 5.78. The Balaban J connectivity index is 2.19. The van der Waals surface area contributed by atoms with Crippen molar-refractivity contribution < 1.29 is 24.2 Å². The molecule has 150 valence electrons. The van der Waals surface area contributed by atoms with Gasteiger partial charge in [-0.15, -0.1) is 5.11 Å². The van der Waals surface area contributed by atoms with E-state index >= 15 is 0 Å². The highest BCUT2D eigenvalue weighted by atomic mass is 16.6. The summed E-state index contributed by atoms with van der Waals surface area (Å²) in [6.45, 7) is 2.83. The lowest BCUT2D eigenvalue weighted by Crippen LogP contribution is -2.18. The van der Waals surface area contributed by atoms with Crippen LogP contribution in [0.2, 0.25) is 0 Å². The van der Waals surface area contributed by atoms with Crippen LogP contribution in [0.1, 0.15) is 28.4 Å². The molecule has 1 heterocycles. The predicted octanol–water partition coefficient (Wildman–Crippen LogP) is 2.41. The zero-order chi connectivity index (χ0) is 21.6. The molecule has 0 radical (unpaired) electrons. The van der Waals surface area contributed by atoms with Crippen molar-refractivity contribution in [2.45, 2.75) is 13.8 Å². The zero-order valence-electron chi connectivity index (χ0n) is 16.0. The number of ether oxygens (including phenoxy) is 2. The van der Waals surface area contributed by atoms with Crippen LogP contribution in [0.25, 0.3) is 0 Å². The molecule has 0 fully saturated rings. The highest BCUT2D eigenvalue weighted by Crippen LogP contribution is 2.26. The van der Waals surface area contributed by atoms with Crippen LogP contribution in [-0.4, -0.2) is 34.8 Å². The summed E-state index contributed by atoms with van der Waals surface area (Å²) < 4.78 is 10.4. The fraction of sp³-hybridized carbons (Fsp3) is 0.263. The fourth-order valence-corrected chi connectivity index (χ4v) is 2.30. The molecule has 0 aliphatic heterocycles. The molecule has 0 atom stereocenters. The summed E-state index contributed by atoms with van der Waals surface area (Å²) in [4.78, 5) is 35.4. The number of carbonyl (C=O) groups excluding carboxylic acids is 2. The van der Waals surface area contributed by atoms with Gasteiger partial charge < -0.3 is 14.6 Å². The lowest BCUT2D eigenvalue weighted by molar-refractivity contribution is -0.146. The second-order valence-corrected chi connectivity index (χ2v) is 5.78. The lowest BCUT2D eigenvalue weighted by atomic mass is 10.1. The number of nitriles is 1. The molecule has 0 saturated heterocycles. The van der Waals surface area contributed by atoms with Crippen LogP contribution in [0.3, 0.4) is 0 Å². The van der Waals surface area contributed by atoms with Gasteiger partial charge in [0.05, 0.1) is 17.9 Å². The van der Waals surface area contributed by atoms with E-state index < -0.39 is 30.0 Å². The van der Waals surface area contributed by atoms with Crippen molar-refractivity contribution in [1.29, 1.82) is 5.26 Å². The molecule has 2 rings (SSSR count). The normalized spacial score (nSPS) is 10.6. The molecule has 0 aliphatic rings. The Hall–Kier alpha value is -4.00. The van der Waals surface area contributed by atoms with Crippen LogP contribution in [0, 0.1) is 18.3 Å². The number of esters is 2. The van der Waals surface area contributed by atoms with Crippen molar-refractivity contribution >= 4 is 23.3 Å². The summed E-state index contributed by atoms with van der Waals surface area (Å²) in [7, 11) is 1.31. The standard InChI is InChI=1S/C19H18N4O6/c1-4-28-15(24)10-29-19(27)12-5-7-13(8-6-12)21-22-16-11(2)14(9-20)17(25)23(3)18(16)26/h5-8,25H,4,10H2,1-3H3. The number of aromatic nitrogens is 1. The lowest BCUT2D eigenvalue weighted by Gasteiger charge is -2.08. The molecule has 0 amide bonds. The number of aromatic hydroxyl groups is 1. The van der Waals surface area contributed by atoms with Gasteiger partial charge in [0.2, 0.25) is 5.88 Å².